The van der Waals surface area contributed by atoms with Crippen LogP contribution in [0.15, 0.2) is 36.5 Å². The number of hydrogen-bond donors (Lipinski definition) is 1. The van der Waals surface area contributed by atoms with Gasteiger partial charge in [0.25, 0.3) is 0 Å². The van der Waals surface area contributed by atoms with Gasteiger partial charge in [-0.25, -0.2) is 4.98 Å². The van der Waals surface area contributed by atoms with Gasteiger partial charge in [-0.15, -0.1) is 0 Å². The van der Waals surface area contributed by atoms with E-state index in [1.807, 2.05) is 45.4 Å². The maximum absolute atomic E-state index is 10.2. The van der Waals surface area contributed by atoms with Gasteiger partial charge >= 0.3 is 0 Å². The highest BCUT2D eigenvalue weighted by Crippen LogP contribution is 2.20. The van der Waals surface area contributed by atoms with E-state index in [0.29, 0.717) is 6.54 Å². The van der Waals surface area contributed by atoms with Gasteiger partial charge in [0.05, 0.1) is 18.0 Å². The number of aromatic nitrogens is 2. The Morgan fingerprint density at radius 2 is 1.95 bits per heavy atom. The van der Waals surface area contributed by atoms with Gasteiger partial charge in [0.15, 0.2) is 0 Å². The standard InChI is InChI=1S/C17H24N4O/c1-13-18-9-15(21(13)14-7-5-4-6-8-14)10-20-11-16(19(2)3)17(22)12-20/h4-9,16-17,22H,10-12H2,1-3H3/t16-,17-/m0/s1. The summed E-state index contributed by atoms with van der Waals surface area (Å²) in [5, 5.41) is 10.2. The number of rotatable bonds is 4. The molecule has 22 heavy (non-hydrogen) atoms. The molecular weight excluding hydrogens is 276 g/mol. The molecule has 0 amide bonds. The lowest BCUT2D eigenvalue weighted by Crippen LogP contribution is -2.37. The molecule has 2 atom stereocenters. The normalized spacial score (nSPS) is 22.6. The highest BCUT2D eigenvalue weighted by Gasteiger charge is 2.33. The third-order valence-electron chi connectivity index (χ3n) is 4.41. The molecule has 1 N–H and O–H groups in total. The van der Waals surface area contributed by atoms with Crippen LogP contribution in [0.25, 0.3) is 5.69 Å². The lowest BCUT2D eigenvalue weighted by molar-refractivity contribution is 0.112. The average molecular weight is 300 g/mol. The van der Waals surface area contributed by atoms with E-state index in [9.17, 15) is 5.11 Å². The minimum atomic E-state index is -0.288. The van der Waals surface area contributed by atoms with Crippen molar-refractivity contribution in [1.29, 1.82) is 0 Å². The van der Waals surface area contributed by atoms with Gasteiger partial charge in [0, 0.05) is 31.4 Å². The third-order valence-corrected chi connectivity index (χ3v) is 4.41. The fraction of sp³-hybridized carbons (Fsp3) is 0.471. The second-order valence-electron chi connectivity index (χ2n) is 6.26. The lowest BCUT2D eigenvalue weighted by atomic mass is 10.2. The molecule has 2 heterocycles. The van der Waals surface area contributed by atoms with E-state index in [1.54, 1.807) is 0 Å². The molecule has 5 heteroatoms. The second-order valence-corrected chi connectivity index (χ2v) is 6.26. The van der Waals surface area contributed by atoms with Crippen molar-refractivity contribution in [3.05, 3.63) is 48.0 Å². The summed E-state index contributed by atoms with van der Waals surface area (Å²) in [7, 11) is 4.05. The average Bonchev–Trinajstić information content (AvgIpc) is 3.03. The van der Waals surface area contributed by atoms with Crippen molar-refractivity contribution in [3.8, 4) is 5.69 Å². The zero-order chi connectivity index (χ0) is 15.7. The summed E-state index contributed by atoms with van der Waals surface area (Å²) in [6.45, 7) is 4.42. The number of aryl methyl sites for hydroxylation is 1. The number of likely N-dealkylation sites (tertiary alicyclic amines) is 1. The van der Waals surface area contributed by atoms with Gasteiger partial charge in [0.2, 0.25) is 0 Å². The van der Waals surface area contributed by atoms with E-state index in [1.165, 1.54) is 0 Å². The van der Waals surface area contributed by atoms with E-state index >= 15 is 0 Å². The number of aliphatic hydroxyl groups excluding tert-OH is 1. The van der Waals surface area contributed by atoms with Gasteiger partial charge in [-0.2, -0.15) is 0 Å². The van der Waals surface area contributed by atoms with Crippen LogP contribution in [0.2, 0.25) is 0 Å². The topological polar surface area (TPSA) is 44.5 Å². The predicted octanol–water partition coefficient (Wildman–Crippen LogP) is 1.29. The first-order chi connectivity index (χ1) is 10.6. The van der Waals surface area contributed by atoms with Crippen molar-refractivity contribution in [1.82, 2.24) is 19.4 Å². The number of β-amino-alcohol motifs (C(OH)–C–C–N with tert-alkyl or cyclic N) is 1. The highest BCUT2D eigenvalue weighted by molar-refractivity contribution is 5.35. The zero-order valence-corrected chi connectivity index (χ0v) is 13.5. The van der Waals surface area contributed by atoms with E-state index in [2.05, 4.69) is 31.5 Å². The van der Waals surface area contributed by atoms with E-state index < -0.39 is 0 Å². The maximum Gasteiger partial charge on any atom is 0.110 e. The minimum Gasteiger partial charge on any atom is -0.390 e. The van der Waals surface area contributed by atoms with Crippen molar-refractivity contribution in [3.63, 3.8) is 0 Å². The smallest absolute Gasteiger partial charge is 0.110 e. The molecule has 1 aromatic heterocycles. The summed E-state index contributed by atoms with van der Waals surface area (Å²) in [6, 6.07) is 10.5. The SMILES string of the molecule is Cc1ncc(CN2C[C@H](O)[C@@H](N(C)C)C2)n1-c1ccccc1. The maximum atomic E-state index is 10.2. The molecule has 1 aromatic carbocycles. The molecule has 1 aliphatic heterocycles. The lowest BCUT2D eigenvalue weighted by Gasteiger charge is -2.22. The van der Waals surface area contributed by atoms with Crippen LogP contribution in [-0.4, -0.2) is 63.8 Å². The van der Waals surface area contributed by atoms with Gasteiger partial charge in [-0.3, -0.25) is 9.47 Å². The Labute approximate surface area is 131 Å². The van der Waals surface area contributed by atoms with Crippen LogP contribution in [0.1, 0.15) is 11.5 Å². The molecule has 5 nitrogen and oxygen atoms in total. The van der Waals surface area contributed by atoms with Crippen LogP contribution < -0.4 is 0 Å². The summed E-state index contributed by atoms with van der Waals surface area (Å²) < 4.78 is 2.19. The molecule has 1 aliphatic rings. The summed E-state index contributed by atoms with van der Waals surface area (Å²) in [5.41, 5.74) is 2.30. The number of imidazole rings is 1. The molecule has 3 rings (SSSR count). The summed E-state index contributed by atoms with van der Waals surface area (Å²) >= 11 is 0. The summed E-state index contributed by atoms with van der Waals surface area (Å²) in [5.74, 6) is 0.991. The van der Waals surface area contributed by atoms with E-state index in [4.69, 9.17) is 0 Å². The Kier molecular flexibility index (Phi) is 4.29. The first-order valence-electron chi connectivity index (χ1n) is 7.71. The van der Waals surface area contributed by atoms with Crippen molar-refractivity contribution >= 4 is 0 Å². The molecule has 2 aromatic rings. The third kappa shape index (κ3) is 2.92. The fourth-order valence-corrected chi connectivity index (χ4v) is 3.25. The van der Waals surface area contributed by atoms with E-state index in [-0.39, 0.29) is 12.1 Å². The van der Waals surface area contributed by atoms with E-state index in [0.717, 1.165) is 30.3 Å². The van der Waals surface area contributed by atoms with Gasteiger partial charge < -0.3 is 10.0 Å². The largest absolute Gasteiger partial charge is 0.390 e. The van der Waals surface area contributed by atoms with Crippen LogP contribution in [0, 0.1) is 6.92 Å². The van der Waals surface area contributed by atoms with Crippen LogP contribution >= 0.6 is 0 Å². The fourth-order valence-electron chi connectivity index (χ4n) is 3.25. The Bertz CT molecular complexity index is 623. The monoisotopic (exact) mass is 300 g/mol. The van der Waals surface area contributed by atoms with Crippen molar-refractivity contribution in [2.45, 2.75) is 25.6 Å². The number of likely N-dealkylation sites (N-methyl/N-ethyl adjacent to an activating group) is 1. The highest BCUT2D eigenvalue weighted by atomic mass is 16.3. The first kappa shape index (κ1) is 15.2. The summed E-state index contributed by atoms with van der Waals surface area (Å²) in [4.78, 5) is 8.87. The summed E-state index contributed by atoms with van der Waals surface area (Å²) in [6.07, 6.45) is 1.65. The van der Waals surface area contributed by atoms with Gasteiger partial charge in [-0.1, -0.05) is 18.2 Å². The Balaban J connectivity index is 1.80. The first-order valence-corrected chi connectivity index (χ1v) is 7.71. The number of nitrogens with zero attached hydrogens (tertiary/aromatic N) is 4. The molecule has 0 aliphatic carbocycles. The molecule has 118 valence electrons. The number of hydrogen-bond acceptors (Lipinski definition) is 4. The van der Waals surface area contributed by atoms with Crippen LogP contribution in [0.3, 0.4) is 0 Å². The molecule has 0 spiro atoms. The van der Waals surface area contributed by atoms with Crippen molar-refractivity contribution in [2.75, 3.05) is 27.2 Å². The molecule has 0 bridgehead atoms. The van der Waals surface area contributed by atoms with Crippen LogP contribution in [-0.2, 0) is 6.54 Å². The molecule has 0 radical (unpaired) electrons. The van der Waals surface area contributed by atoms with Crippen molar-refractivity contribution < 1.29 is 5.11 Å². The number of aliphatic hydroxyl groups is 1. The Morgan fingerprint density at radius 3 is 2.59 bits per heavy atom. The molecule has 0 unspecified atom stereocenters. The molecule has 0 saturated carbocycles. The zero-order valence-electron chi connectivity index (χ0n) is 13.5. The second kappa shape index (κ2) is 6.20. The Morgan fingerprint density at radius 1 is 1.23 bits per heavy atom. The molecule has 1 fully saturated rings. The van der Waals surface area contributed by atoms with Crippen LogP contribution in [0.5, 0.6) is 0 Å². The van der Waals surface area contributed by atoms with Gasteiger partial charge in [0.1, 0.15) is 5.82 Å². The minimum absolute atomic E-state index is 0.203. The van der Waals surface area contributed by atoms with Crippen LogP contribution in [0.4, 0.5) is 0 Å². The van der Waals surface area contributed by atoms with Gasteiger partial charge in [-0.05, 0) is 33.2 Å². The predicted molar refractivity (Wildman–Crippen MR) is 87.1 cm³/mol. The number of para-hydroxylation sites is 1. The Hall–Kier alpha value is -1.69. The van der Waals surface area contributed by atoms with Crippen molar-refractivity contribution in [2.24, 2.45) is 0 Å². The molecular formula is C17H24N4O. The quantitative estimate of drug-likeness (QED) is 0.924. The number of benzene rings is 1. The molecule has 1 saturated heterocycles.